The Bertz CT molecular complexity index is 1150. The summed E-state index contributed by atoms with van der Waals surface area (Å²) in [5, 5.41) is 29.1. The highest BCUT2D eigenvalue weighted by atomic mass is 16.3. The van der Waals surface area contributed by atoms with Crippen molar-refractivity contribution in [2.75, 3.05) is 19.6 Å². The molecule has 12 nitrogen and oxygen atoms in total. The fourth-order valence-electron chi connectivity index (χ4n) is 4.27. The van der Waals surface area contributed by atoms with E-state index in [1.54, 1.807) is 24.3 Å². The predicted molar refractivity (Wildman–Crippen MR) is 143 cm³/mol. The smallest absolute Gasteiger partial charge is 0.243 e. The first kappa shape index (κ1) is 28.9. The second-order valence-corrected chi connectivity index (χ2v) is 9.43. The topological polar surface area (TPSA) is 232 Å². The molecule has 1 heterocycles. The summed E-state index contributed by atoms with van der Waals surface area (Å²) in [5.41, 5.74) is 25.4. The van der Waals surface area contributed by atoms with Crippen LogP contribution in [0.15, 0.2) is 36.4 Å². The van der Waals surface area contributed by atoms with E-state index in [4.69, 9.17) is 22.9 Å². The summed E-state index contributed by atoms with van der Waals surface area (Å²) in [7, 11) is 0. The van der Waals surface area contributed by atoms with Crippen molar-refractivity contribution in [3.05, 3.63) is 47.5 Å². The quantitative estimate of drug-likeness (QED) is 0.199. The van der Waals surface area contributed by atoms with Gasteiger partial charge < -0.3 is 49.1 Å². The average molecular weight is 528 g/mol. The van der Waals surface area contributed by atoms with E-state index in [0.29, 0.717) is 28.7 Å². The first-order chi connectivity index (χ1) is 18.2. The number of amides is 3. The summed E-state index contributed by atoms with van der Waals surface area (Å²) in [4.78, 5) is 39.5. The third kappa shape index (κ3) is 7.19. The Morgan fingerprint density at radius 1 is 0.921 bits per heavy atom. The SMILES string of the molecule is NCCC[C@@H]1NC(=O)[C@H](N)Cc2cc(ccc2O)-c2ccc(O)c(c2)C[C@@H](C(=O)NC(CN)CN)NC1=O. The number of fused-ring (bicyclic) bond motifs is 5. The molecule has 0 aromatic heterocycles. The number of phenolic OH excluding ortho intramolecular Hbond substituents is 2. The lowest BCUT2D eigenvalue weighted by molar-refractivity contribution is -0.132. The first-order valence-electron chi connectivity index (χ1n) is 12.6. The number of benzene rings is 2. The summed E-state index contributed by atoms with van der Waals surface area (Å²) in [5.74, 6) is -1.82. The van der Waals surface area contributed by atoms with Crippen LogP contribution in [-0.4, -0.2) is 71.7 Å². The minimum absolute atomic E-state index is 0.0201. The lowest BCUT2D eigenvalue weighted by atomic mass is 9.95. The zero-order chi connectivity index (χ0) is 27.8. The van der Waals surface area contributed by atoms with E-state index < -0.39 is 41.9 Å². The van der Waals surface area contributed by atoms with Gasteiger partial charge in [0.2, 0.25) is 17.7 Å². The summed E-state index contributed by atoms with van der Waals surface area (Å²) in [6, 6.07) is 6.10. The number of hydrogen-bond donors (Lipinski definition) is 9. The molecule has 12 heteroatoms. The molecule has 0 fully saturated rings. The van der Waals surface area contributed by atoms with Crippen LogP contribution in [0, 0.1) is 0 Å². The Labute approximate surface area is 221 Å². The Balaban J connectivity index is 2.08. The summed E-state index contributed by atoms with van der Waals surface area (Å²) >= 11 is 0. The van der Waals surface area contributed by atoms with Gasteiger partial charge >= 0.3 is 0 Å². The molecule has 0 aliphatic carbocycles. The van der Waals surface area contributed by atoms with Gasteiger partial charge in [-0.05, 0) is 65.9 Å². The van der Waals surface area contributed by atoms with Crippen LogP contribution >= 0.6 is 0 Å². The third-order valence-corrected chi connectivity index (χ3v) is 6.57. The van der Waals surface area contributed by atoms with E-state index >= 15 is 0 Å². The molecule has 0 saturated heterocycles. The van der Waals surface area contributed by atoms with Gasteiger partial charge in [-0.3, -0.25) is 14.4 Å². The highest BCUT2D eigenvalue weighted by Gasteiger charge is 2.30. The van der Waals surface area contributed by atoms with Gasteiger partial charge in [0.25, 0.3) is 0 Å². The molecule has 3 rings (SSSR count). The third-order valence-electron chi connectivity index (χ3n) is 6.57. The van der Waals surface area contributed by atoms with Crippen molar-refractivity contribution in [1.82, 2.24) is 16.0 Å². The Kier molecular flexibility index (Phi) is 10.0. The average Bonchev–Trinajstić information content (AvgIpc) is 2.90. The standard InChI is InChI=1S/C26H37N7O5/c27-7-1-2-20-25(37)33-21(26(38)31-18(12-28)13-29)11-17-9-15(4-6-23(17)35)14-3-5-22(34)16(8-14)10-19(30)24(36)32-20/h3-6,8-9,18-21,34-35H,1-2,7,10-13,27-30H2,(H,31,38)(H,32,36)(H,33,37)/t19-,20+,21+/m1/s1. The molecule has 206 valence electrons. The zero-order valence-corrected chi connectivity index (χ0v) is 21.2. The molecule has 4 bridgehead atoms. The molecule has 1 aliphatic heterocycles. The summed E-state index contributed by atoms with van der Waals surface area (Å²) < 4.78 is 0. The predicted octanol–water partition coefficient (Wildman–Crippen LogP) is -1.70. The Morgan fingerprint density at radius 2 is 1.50 bits per heavy atom. The number of rotatable bonds is 7. The number of carbonyl (C=O) groups excluding carboxylic acids is 3. The van der Waals surface area contributed by atoms with Gasteiger partial charge in [-0.1, -0.05) is 12.1 Å². The van der Waals surface area contributed by atoms with Crippen LogP contribution in [-0.2, 0) is 27.2 Å². The highest BCUT2D eigenvalue weighted by Crippen LogP contribution is 2.30. The van der Waals surface area contributed by atoms with Crippen LogP contribution in [0.4, 0.5) is 0 Å². The largest absolute Gasteiger partial charge is 0.508 e. The monoisotopic (exact) mass is 527 g/mol. The minimum atomic E-state index is -1.12. The van der Waals surface area contributed by atoms with Crippen LogP contribution in [0.1, 0.15) is 24.0 Å². The van der Waals surface area contributed by atoms with Crippen LogP contribution in [0.3, 0.4) is 0 Å². The van der Waals surface area contributed by atoms with Gasteiger partial charge in [0, 0.05) is 25.9 Å². The fraction of sp³-hybridized carbons (Fsp3) is 0.423. The van der Waals surface area contributed by atoms with Crippen LogP contribution < -0.4 is 38.9 Å². The van der Waals surface area contributed by atoms with Gasteiger partial charge in [-0.25, -0.2) is 0 Å². The van der Waals surface area contributed by atoms with Crippen molar-refractivity contribution < 1.29 is 24.6 Å². The van der Waals surface area contributed by atoms with Crippen molar-refractivity contribution in [1.29, 1.82) is 0 Å². The molecule has 13 N–H and O–H groups in total. The lowest BCUT2D eigenvalue weighted by Crippen LogP contribution is -2.58. The molecule has 2 aromatic carbocycles. The minimum Gasteiger partial charge on any atom is -0.508 e. The van der Waals surface area contributed by atoms with E-state index in [-0.39, 0.29) is 50.4 Å². The van der Waals surface area contributed by atoms with Gasteiger partial charge in [-0.15, -0.1) is 0 Å². The van der Waals surface area contributed by atoms with Crippen molar-refractivity contribution in [3.8, 4) is 22.6 Å². The van der Waals surface area contributed by atoms with Gasteiger partial charge in [0.1, 0.15) is 23.6 Å². The number of hydrogen-bond acceptors (Lipinski definition) is 9. The number of carbonyl (C=O) groups is 3. The van der Waals surface area contributed by atoms with Crippen molar-refractivity contribution in [2.24, 2.45) is 22.9 Å². The molecule has 0 saturated carbocycles. The van der Waals surface area contributed by atoms with Gasteiger partial charge in [-0.2, -0.15) is 0 Å². The first-order valence-corrected chi connectivity index (χ1v) is 12.6. The number of nitrogens with one attached hydrogen (secondary N) is 3. The van der Waals surface area contributed by atoms with Crippen molar-refractivity contribution >= 4 is 17.7 Å². The van der Waals surface area contributed by atoms with E-state index in [1.807, 2.05) is 0 Å². The van der Waals surface area contributed by atoms with Gasteiger partial charge in [0.05, 0.1) is 12.1 Å². The molecule has 3 atom stereocenters. The second-order valence-electron chi connectivity index (χ2n) is 9.43. The molecule has 3 amide bonds. The number of phenols is 2. The zero-order valence-electron chi connectivity index (χ0n) is 21.2. The van der Waals surface area contributed by atoms with Crippen LogP contribution in [0.5, 0.6) is 11.5 Å². The molecule has 0 unspecified atom stereocenters. The maximum Gasteiger partial charge on any atom is 0.243 e. The van der Waals surface area contributed by atoms with Crippen LogP contribution in [0.2, 0.25) is 0 Å². The number of nitrogens with two attached hydrogens (primary N) is 4. The Morgan fingerprint density at radius 3 is 2.05 bits per heavy atom. The maximum absolute atomic E-state index is 13.3. The van der Waals surface area contributed by atoms with E-state index in [2.05, 4.69) is 16.0 Å². The molecule has 2 aromatic rings. The van der Waals surface area contributed by atoms with E-state index in [1.165, 1.54) is 12.1 Å². The highest BCUT2D eigenvalue weighted by molar-refractivity contribution is 5.93. The Hall–Kier alpha value is -3.71. The molecule has 1 aliphatic rings. The lowest BCUT2D eigenvalue weighted by Gasteiger charge is -2.26. The fourth-order valence-corrected chi connectivity index (χ4v) is 4.27. The molecule has 0 spiro atoms. The maximum atomic E-state index is 13.3. The number of aromatic hydroxyl groups is 2. The van der Waals surface area contributed by atoms with Crippen LogP contribution in [0.25, 0.3) is 11.1 Å². The summed E-state index contributed by atoms with van der Waals surface area (Å²) in [6.45, 7) is 0.478. The van der Waals surface area contributed by atoms with E-state index in [0.717, 1.165) is 0 Å². The molecule has 0 radical (unpaired) electrons. The van der Waals surface area contributed by atoms with Crippen molar-refractivity contribution in [3.63, 3.8) is 0 Å². The molecular formula is C26H37N7O5. The van der Waals surface area contributed by atoms with E-state index in [9.17, 15) is 24.6 Å². The normalized spacial score (nSPS) is 20.2. The van der Waals surface area contributed by atoms with Crippen molar-refractivity contribution in [2.45, 2.75) is 49.9 Å². The second kappa shape index (κ2) is 13.2. The van der Waals surface area contributed by atoms with Gasteiger partial charge in [0.15, 0.2) is 0 Å². The molecular weight excluding hydrogens is 490 g/mol. The molecule has 38 heavy (non-hydrogen) atoms. The summed E-state index contributed by atoms with van der Waals surface area (Å²) in [6.07, 6.45) is 0.608.